The van der Waals surface area contributed by atoms with Gasteiger partial charge in [-0.15, -0.1) is 0 Å². The zero-order valence-corrected chi connectivity index (χ0v) is 19.6. The van der Waals surface area contributed by atoms with Gasteiger partial charge in [0.15, 0.2) is 11.5 Å². The molecule has 168 valence electrons. The third-order valence-electron chi connectivity index (χ3n) is 6.94. The lowest BCUT2D eigenvalue weighted by molar-refractivity contribution is -0.142. The van der Waals surface area contributed by atoms with Crippen LogP contribution in [0.5, 0.6) is 17.2 Å². The topological polar surface area (TPSA) is 48.0 Å². The van der Waals surface area contributed by atoms with Crippen molar-refractivity contribution in [3.8, 4) is 17.2 Å². The van der Waals surface area contributed by atoms with E-state index in [0.29, 0.717) is 17.5 Å². The van der Waals surface area contributed by atoms with E-state index < -0.39 is 5.41 Å². The van der Waals surface area contributed by atoms with Crippen LogP contribution in [0.4, 0.5) is 0 Å². The van der Waals surface area contributed by atoms with Gasteiger partial charge in [-0.2, -0.15) is 0 Å². The largest absolute Gasteiger partial charge is 0.493 e. The Kier molecular flexibility index (Phi) is 5.05. The highest BCUT2D eigenvalue weighted by molar-refractivity contribution is 6.12. The summed E-state index contributed by atoms with van der Waals surface area (Å²) in [5.41, 5.74) is 2.23. The van der Waals surface area contributed by atoms with E-state index in [0.717, 1.165) is 29.5 Å². The maximum Gasteiger partial charge on any atom is 0.316 e. The Balaban J connectivity index is 1.76. The SMILES string of the molecule is COc1cc2c3c(c4ccc(OC(=O)C(C)(C)C)cc4c2cc1OC)C[C@@H]1CCCN1C3. The highest BCUT2D eigenvalue weighted by Gasteiger charge is 2.32. The number of fused-ring (bicyclic) bond motifs is 7. The predicted molar refractivity (Wildman–Crippen MR) is 127 cm³/mol. The van der Waals surface area contributed by atoms with E-state index in [9.17, 15) is 4.79 Å². The second kappa shape index (κ2) is 7.66. The molecule has 5 heteroatoms. The fourth-order valence-corrected chi connectivity index (χ4v) is 5.20. The summed E-state index contributed by atoms with van der Waals surface area (Å²) < 4.78 is 17.0. The lowest BCUT2D eigenvalue weighted by atomic mass is 9.85. The van der Waals surface area contributed by atoms with Gasteiger partial charge in [-0.1, -0.05) is 6.07 Å². The summed E-state index contributed by atoms with van der Waals surface area (Å²) in [6, 6.07) is 10.8. The molecule has 0 amide bonds. The molecule has 3 aromatic carbocycles. The van der Waals surface area contributed by atoms with Gasteiger partial charge >= 0.3 is 5.97 Å². The van der Waals surface area contributed by atoms with Gasteiger partial charge in [0.2, 0.25) is 0 Å². The number of rotatable bonds is 3. The van der Waals surface area contributed by atoms with Crippen molar-refractivity contribution in [3.63, 3.8) is 0 Å². The molecular formula is C27H31NO4. The van der Waals surface area contributed by atoms with E-state index in [2.05, 4.69) is 23.1 Å². The fourth-order valence-electron chi connectivity index (χ4n) is 5.20. The standard InChI is InChI=1S/C27H31NO4/c1-27(2,3)26(29)32-17-8-9-18-19-11-16-7-6-10-28(16)15-23(19)22-14-25(31-5)24(30-4)13-21(22)20(18)12-17/h8-9,12-14,16H,6-7,10-11,15H2,1-5H3/t16-/m0/s1. The number of carbonyl (C=O) groups excluding carboxylic acids is 1. The highest BCUT2D eigenvalue weighted by atomic mass is 16.5. The first-order valence-electron chi connectivity index (χ1n) is 11.4. The van der Waals surface area contributed by atoms with Crippen LogP contribution in [-0.2, 0) is 17.8 Å². The van der Waals surface area contributed by atoms with Gasteiger partial charge in [-0.05, 0) is 104 Å². The van der Waals surface area contributed by atoms with Crippen molar-refractivity contribution < 1.29 is 19.0 Å². The first-order chi connectivity index (χ1) is 15.3. The number of methoxy groups -OCH3 is 2. The van der Waals surface area contributed by atoms with Crippen molar-refractivity contribution in [3.05, 3.63) is 41.5 Å². The van der Waals surface area contributed by atoms with Crippen molar-refractivity contribution in [1.82, 2.24) is 4.90 Å². The molecule has 0 aliphatic carbocycles. The van der Waals surface area contributed by atoms with Crippen LogP contribution in [0, 0.1) is 5.41 Å². The summed E-state index contributed by atoms with van der Waals surface area (Å²) in [5.74, 6) is 1.78. The van der Waals surface area contributed by atoms with Crippen molar-refractivity contribution in [1.29, 1.82) is 0 Å². The summed E-state index contributed by atoms with van der Waals surface area (Å²) >= 11 is 0. The normalized spacial score (nSPS) is 18.5. The number of benzene rings is 3. The van der Waals surface area contributed by atoms with Crippen molar-refractivity contribution >= 4 is 27.5 Å². The average Bonchev–Trinajstić information content (AvgIpc) is 3.24. The van der Waals surface area contributed by atoms with Gasteiger partial charge in [0.1, 0.15) is 5.75 Å². The molecule has 0 radical (unpaired) electrons. The van der Waals surface area contributed by atoms with Gasteiger partial charge in [-0.3, -0.25) is 9.69 Å². The van der Waals surface area contributed by atoms with Gasteiger partial charge in [0, 0.05) is 12.6 Å². The van der Waals surface area contributed by atoms with E-state index in [4.69, 9.17) is 14.2 Å². The molecule has 0 spiro atoms. The third kappa shape index (κ3) is 3.39. The van der Waals surface area contributed by atoms with Crippen LogP contribution >= 0.6 is 0 Å². The van der Waals surface area contributed by atoms with E-state index in [1.54, 1.807) is 14.2 Å². The van der Waals surface area contributed by atoms with E-state index in [1.165, 1.54) is 41.3 Å². The van der Waals surface area contributed by atoms with Crippen LogP contribution in [0.15, 0.2) is 30.3 Å². The Morgan fingerprint density at radius 1 is 0.938 bits per heavy atom. The molecule has 1 atom stereocenters. The quantitative estimate of drug-likeness (QED) is 0.311. The second-order valence-corrected chi connectivity index (χ2v) is 10.0. The first-order valence-corrected chi connectivity index (χ1v) is 11.4. The van der Waals surface area contributed by atoms with Gasteiger partial charge in [0.05, 0.1) is 19.6 Å². The van der Waals surface area contributed by atoms with Crippen LogP contribution in [0.25, 0.3) is 21.5 Å². The molecule has 1 saturated heterocycles. The van der Waals surface area contributed by atoms with E-state index >= 15 is 0 Å². The molecule has 3 aromatic rings. The average molecular weight is 434 g/mol. The summed E-state index contributed by atoms with van der Waals surface area (Å²) in [7, 11) is 3.34. The number of carbonyl (C=O) groups is 1. The first kappa shape index (κ1) is 21.1. The molecule has 5 nitrogen and oxygen atoms in total. The minimum atomic E-state index is -0.560. The maximum atomic E-state index is 12.5. The number of hydrogen-bond acceptors (Lipinski definition) is 5. The van der Waals surface area contributed by atoms with Crippen molar-refractivity contribution in [2.24, 2.45) is 5.41 Å². The molecular weight excluding hydrogens is 402 g/mol. The van der Waals surface area contributed by atoms with Gasteiger partial charge in [0.25, 0.3) is 0 Å². The van der Waals surface area contributed by atoms with Crippen LogP contribution < -0.4 is 14.2 Å². The van der Waals surface area contributed by atoms with Crippen LogP contribution in [0.1, 0.15) is 44.7 Å². The Morgan fingerprint density at radius 3 is 2.31 bits per heavy atom. The monoisotopic (exact) mass is 433 g/mol. The van der Waals surface area contributed by atoms with Crippen molar-refractivity contribution in [2.45, 2.75) is 52.6 Å². The summed E-state index contributed by atoms with van der Waals surface area (Å²) in [4.78, 5) is 15.1. The third-order valence-corrected chi connectivity index (χ3v) is 6.94. The zero-order valence-electron chi connectivity index (χ0n) is 19.6. The predicted octanol–water partition coefficient (Wildman–Crippen LogP) is 5.48. The minimum absolute atomic E-state index is 0.236. The van der Waals surface area contributed by atoms with Crippen LogP contribution in [-0.4, -0.2) is 37.7 Å². The lowest BCUT2D eigenvalue weighted by Crippen LogP contribution is -2.35. The molecule has 0 N–H and O–H groups in total. The smallest absolute Gasteiger partial charge is 0.316 e. The molecule has 1 fully saturated rings. The number of nitrogens with zero attached hydrogens (tertiary/aromatic N) is 1. The number of esters is 1. The van der Waals surface area contributed by atoms with Gasteiger partial charge in [-0.25, -0.2) is 0 Å². The molecule has 0 saturated carbocycles. The van der Waals surface area contributed by atoms with E-state index in [-0.39, 0.29) is 5.97 Å². The summed E-state index contributed by atoms with van der Waals surface area (Å²) in [5, 5.41) is 4.62. The zero-order chi connectivity index (χ0) is 22.6. The Labute approximate surface area is 189 Å². The number of ether oxygens (including phenoxy) is 3. The van der Waals surface area contributed by atoms with Crippen molar-refractivity contribution in [2.75, 3.05) is 20.8 Å². The highest BCUT2D eigenvalue weighted by Crippen LogP contribution is 2.44. The second-order valence-electron chi connectivity index (χ2n) is 10.0. The molecule has 2 heterocycles. The van der Waals surface area contributed by atoms with Crippen LogP contribution in [0.3, 0.4) is 0 Å². The molecule has 0 aromatic heterocycles. The van der Waals surface area contributed by atoms with E-state index in [1.807, 2.05) is 32.9 Å². The minimum Gasteiger partial charge on any atom is -0.493 e. The summed E-state index contributed by atoms with van der Waals surface area (Å²) in [6.45, 7) is 7.73. The Morgan fingerprint density at radius 2 is 1.62 bits per heavy atom. The fraction of sp³-hybridized carbons (Fsp3) is 0.444. The molecule has 2 aliphatic heterocycles. The van der Waals surface area contributed by atoms with Crippen LogP contribution in [0.2, 0.25) is 0 Å². The molecule has 0 unspecified atom stereocenters. The lowest BCUT2D eigenvalue weighted by Gasteiger charge is -2.33. The molecule has 5 rings (SSSR count). The van der Waals surface area contributed by atoms with Gasteiger partial charge < -0.3 is 14.2 Å². The molecule has 32 heavy (non-hydrogen) atoms. The molecule has 2 aliphatic rings. The molecule has 0 bridgehead atoms. The summed E-state index contributed by atoms with van der Waals surface area (Å²) in [6.07, 6.45) is 3.57. The Bertz CT molecular complexity index is 1220. The number of hydrogen-bond donors (Lipinski definition) is 0. The maximum absolute atomic E-state index is 12.5. The Hall–Kier alpha value is -2.79.